The van der Waals surface area contributed by atoms with Crippen molar-refractivity contribution in [2.24, 2.45) is 0 Å². The lowest BCUT2D eigenvalue weighted by Gasteiger charge is -2.11. The first-order valence-corrected chi connectivity index (χ1v) is 4.99. The van der Waals surface area contributed by atoms with Crippen molar-refractivity contribution in [3.63, 3.8) is 0 Å². The zero-order chi connectivity index (χ0) is 12.8. The first kappa shape index (κ1) is 13.4. The fraction of sp³-hybridized carbons (Fsp3) is 0.364. The van der Waals surface area contributed by atoms with Crippen LogP contribution in [0, 0.1) is 0 Å². The quantitative estimate of drug-likeness (QED) is 0.824. The zero-order valence-electron chi connectivity index (χ0n) is 9.19. The largest absolute Gasteiger partial charge is 0.435 e. The fourth-order valence-corrected chi connectivity index (χ4v) is 1.17. The van der Waals surface area contributed by atoms with E-state index in [1.54, 1.807) is 6.92 Å². The van der Waals surface area contributed by atoms with Crippen molar-refractivity contribution in [1.82, 2.24) is 5.32 Å². The van der Waals surface area contributed by atoms with Crippen LogP contribution in [0.1, 0.15) is 17.3 Å². The molecule has 1 aromatic carbocycles. The normalized spacial score (nSPS) is 12.3. The molecule has 1 rings (SSSR count). The molecule has 0 bridgehead atoms. The molecule has 94 valence electrons. The molecule has 0 spiro atoms. The second-order valence-corrected chi connectivity index (χ2v) is 3.46. The van der Waals surface area contributed by atoms with Crippen LogP contribution >= 0.6 is 0 Å². The number of ether oxygens (including phenoxy) is 1. The summed E-state index contributed by atoms with van der Waals surface area (Å²) in [5, 5.41) is 11.3. The summed E-state index contributed by atoms with van der Waals surface area (Å²) in [4.78, 5) is 11.6. The number of aliphatic hydroxyl groups excluding tert-OH is 1. The Bertz CT molecular complexity index is 385. The highest BCUT2D eigenvalue weighted by molar-refractivity contribution is 5.94. The number of benzene rings is 1. The second kappa shape index (κ2) is 6.15. The smallest absolute Gasteiger partial charge is 0.387 e. The van der Waals surface area contributed by atoms with E-state index in [2.05, 4.69) is 10.1 Å². The lowest BCUT2D eigenvalue weighted by molar-refractivity contribution is -0.0498. The van der Waals surface area contributed by atoms with Gasteiger partial charge in [-0.15, -0.1) is 0 Å². The van der Waals surface area contributed by atoms with Crippen LogP contribution < -0.4 is 10.1 Å². The van der Waals surface area contributed by atoms with Gasteiger partial charge >= 0.3 is 6.61 Å². The van der Waals surface area contributed by atoms with Crippen molar-refractivity contribution in [1.29, 1.82) is 0 Å². The summed E-state index contributed by atoms with van der Waals surface area (Å²) in [5.41, 5.74) is 0.198. The topological polar surface area (TPSA) is 58.6 Å². The highest BCUT2D eigenvalue weighted by atomic mass is 19.3. The Kier molecular flexibility index (Phi) is 4.84. The molecule has 0 radical (unpaired) electrons. The van der Waals surface area contributed by atoms with Gasteiger partial charge in [0.15, 0.2) is 0 Å². The lowest BCUT2D eigenvalue weighted by Crippen LogP contribution is -2.34. The predicted molar refractivity (Wildman–Crippen MR) is 57.1 cm³/mol. The third-order valence-corrected chi connectivity index (χ3v) is 1.97. The summed E-state index contributed by atoms with van der Waals surface area (Å²) in [6, 6.07) is 5.06. The molecule has 0 aliphatic carbocycles. The van der Waals surface area contributed by atoms with Crippen LogP contribution in [0.4, 0.5) is 8.78 Å². The van der Waals surface area contributed by atoms with Gasteiger partial charge in [-0.25, -0.2) is 0 Å². The van der Waals surface area contributed by atoms with Crippen molar-refractivity contribution >= 4 is 5.91 Å². The number of hydrogen-bond donors (Lipinski definition) is 2. The molecule has 1 amide bonds. The second-order valence-electron chi connectivity index (χ2n) is 3.46. The lowest BCUT2D eigenvalue weighted by atomic mass is 10.2. The number of rotatable bonds is 5. The van der Waals surface area contributed by atoms with Gasteiger partial charge in [-0.05, 0) is 25.1 Å². The van der Waals surface area contributed by atoms with E-state index in [0.717, 1.165) is 0 Å². The summed E-state index contributed by atoms with van der Waals surface area (Å²) in [7, 11) is 0. The molecule has 0 aromatic heterocycles. The van der Waals surface area contributed by atoms with Gasteiger partial charge in [0.25, 0.3) is 5.91 Å². The molecule has 0 aliphatic heterocycles. The first-order chi connectivity index (χ1) is 8.02. The van der Waals surface area contributed by atoms with Crippen molar-refractivity contribution in [3.05, 3.63) is 29.8 Å². The van der Waals surface area contributed by atoms with Crippen molar-refractivity contribution in [3.8, 4) is 5.75 Å². The van der Waals surface area contributed by atoms with Gasteiger partial charge in [0.2, 0.25) is 0 Å². The Morgan fingerprint density at radius 1 is 1.53 bits per heavy atom. The van der Waals surface area contributed by atoms with Crippen molar-refractivity contribution in [2.75, 3.05) is 6.61 Å². The number of hydrogen-bond acceptors (Lipinski definition) is 3. The van der Waals surface area contributed by atoms with Crippen molar-refractivity contribution in [2.45, 2.75) is 19.6 Å². The maximum absolute atomic E-state index is 12.0. The molecule has 6 heteroatoms. The number of halogens is 2. The predicted octanol–water partition coefficient (Wildman–Crippen LogP) is 1.40. The monoisotopic (exact) mass is 245 g/mol. The van der Waals surface area contributed by atoms with E-state index in [1.807, 2.05) is 0 Å². The minimum atomic E-state index is -2.93. The average molecular weight is 245 g/mol. The number of carbonyl (C=O) groups is 1. The Labute approximate surface area is 97.2 Å². The number of carbonyl (C=O) groups excluding carboxylic acids is 1. The number of amides is 1. The van der Waals surface area contributed by atoms with E-state index in [0.29, 0.717) is 0 Å². The molecule has 2 N–H and O–H groups in total. The standard InChI is InChI=1S/C11H13F2NO3/c1-7(6-15)14-10(16)8-3-2-4-9(5-8)17-11(12)13/h2-5,7,11,15H,6H2,1H3,(H,14,16)/t7-/m1/s1. The van der Waals surface area contributed by atoms with E-state index in [-0.39, 0.29) is 17.9 Å². The molecule has 1 aromatic rings. The van der Waals surface area contributed by atoms with Gasteiger partial charge in [0, 0.05) is 11.6 Å². The third-order valence-electron chi connectivity index (χ3n) is 1.97. The maximum atomic E-state index is 12.0. The zero-order valence-corrected chi connectivity index (χ0v) is 9.19. The molecule has 0 saturated heterocycles. The third kappa shape index (κ3) is 4.36. The summed E-state index contributed by atoms with van der Waals surface area (Å²) < 4.78 is 28.1. The molecule has 0 heterocycles. The molecule has 0 aliphatic rings. The molecular weight excluding hydrogens is 232 g/mol. The number of nitrogens with one attached hydrogen (secondary N) is 1. The van der Waals surface area contributed by atoms with Crippen LogP contribution in [0.5, 0.6) is 5.75 Å². The van der Waals surface area contributed by atoms with Crippen LogP contribution in [0.3, 0.4) is 0 Å². The average Bonchev–Trinajstić information content (AvgIpc) is 2.28. The Hall–Kier alpha value is -1.69. The van der Waals surface area contributed by atoms with Gasteiger partial charge in [0.05, 0.1) is 6.61 Å². The van der Waals surface area contributed by atoms with Crippen LogP contribution in [-0.2, 0) is 0 Å². The molecule has 0 saturated carbocycles. The molecule has 1 atom stereocenters. The summed E-state index contributed by atoms with van der Waals surface area (Å²) in [6.07, 6.45) is 0. The van der Waals surface area contributed by atoms with Gasteiger partial charge in [-0.3, -0.25) is 4.79 Å². The van der Waals surface area contributed by atoms with Crippen LogP contribution in [0.2, 0.25) is 0 Å². The van der Waals surface area contributed by atoms with E-state index in [4.69, 9.17) is 5.11 Å². The molecular formula is C11H13F2NO3. The van der Waals surface area contributed by atoms with E-state index >= 15 is 0 Å². The SMILES string of the molecule is C[C@H](CO)NC(=O)c1cccc(OC(F)F)c1. The van der Waals surface area contributed by atoms with Gasteiger partial charge in [0.1, 0.15) is 5.75 Å². The summed E-state index contributed by atoms with van der Waals surface area (Å²) in [5.74, 6) is -0.532. The van der Waals surface area contributed by atoms with Crippen LogP contribution in [0.25, 0.3) is 0 Å². The first-order valence-electron chi connectivity index (χ1n) is 4.99. The number of aliphatic hydroxyl groups is 1. The maximum Gasteiger partial charge on any atom is 0.387 e. The van der Waals surface area contributed by atoms with E-state index in [1.165, 1.54) is 24.3 Å². The molecule has 0 unspecified atom stereocenters. The van der Waals surface area contributed by atoms with Crippen LogP contribution in [-0.4, -0.2) is 30.3 Å². The minimum Gasteiger partial charge on any atom is -0.435 e. The van der Waals surface area contributed by atoms with E-state index < -0.39 is 18.6 Å². The number of alkyl halides is 2. The van der Waals surface area contributed by atoms with E-state index in [9.17, 15) is 13.6 Å². The van der Waals surface area contributed by atoms with Gasteiger partial charge in [-0.1, -0.05) is 6.07 Å². The van der Waals surface area contributed by atoms with Gasteiger partial charge in [-0.2, -0.15) is 8.78 Å². The minimum absolute atomic E-state index is 0.0794. The van der Waals surface area contributed by atoms with Gasteiger partial charge < -0.3 is 15.2 Å². The highest BCUT2D eigenvalue weighted by Gasteiger charge is 2.11. The fourth-order valence-electron chi connectivity index (χ4n) is 1.17. The van der Waals surface area contributed by atoms with Crippen LogP contribution in [0.15, 0.2) is 24.3 Å². The summed E-state index contributed by atoms with van der Waals surface area (Å²) in [6.45, 7) is -1.50. The Morgan fingerprint density at radius 2 is 2.24 bits per heavy atom. The van der Waals surface area contributed by atoms with Crippen molar-refractivity contribution < 1.29 is 23.4 Å². The molecule has 17 heavy (non-hydrogen) atoms. The molecule has 0 fully saturated rings. The molecule has 4 nitrogen and oxygen atoms in total. The Balaban J connectivity index is 2.73. The summed E-state index contributed by atoms with van der Waals surface area (Å²) >= 11 is 0. The highest BCUT2D eigenvalue weighted by Crippen LogP contribution is 2.15. The Morgan fingerprint density at radius 3 is 2.82 bits per heavy atom.